The molecule has 22 heavy (non-hydrogen) atoms. The molecule has 2 aromatic rings. The Hall–Kier alpha value is -2.28. The molecule has 0 atom stereocenters. The molecule has 0 radical (unpaired) electrons. The molecule has 0 unspecified atom stereocenters. The first-order valence-corrected chi connectivity index (χ1v) is 7.07. The van der Waals surface area contributed by atoms with Gasteiger partial charge in [-0.05, 0) is 17.7 Å². The van der Waals surface area contributed by atoms with Crippen LogP contribution in [0.15, 0.2) is 30.6 Å². The Labute approximate surface area is 127 Å². The van der Waals surface area contributed by atoms with E-state index in [-0.39, 0.29) is 17.8 Å². The van der Waals surface area contributed by atoms with Gasteiger partial charge in [0.1, 0.15) is 18.8 Å². The van der Waals surface area contributed by atoms with Crippen LogP contribution in [0.1, 0.15) is 17.4 Å². The van der Waals surface area contributed by atoms with Crippen molar-refractivity contribution in [1.82, 2.24) is 19.7 Å². The quantitative estimate of drug-likeness (QED) is 0.832. The zero-order valence-electron chi connectivity index (χ0n) is 12.3. The van der Waals surface area contributed by atoms with Crippen LogP contribution in [0, 0.1) is 5.82 Å². The Kier molecular flexibility index (Phi) is 4.15. The van der Waals surface area contributed by atoms with E-state index in [1.54, 1.807) is 30.5 Å². The number of halogens is 1. The van der Waals surface area contributed by atoms with Gasteiger partial charge in [0, 0.05) is 20.2 Å². The van der Waals surface area contributed by atoms with E-state index >= 15 is 0 Å². The predicted octanol–water partition coefficient (Wildman–Crippen LogP) is 1.19. The third-order valence-corrected chi connectivity index (χ3v) is 3.80. The van der Waals surface area contributed by atoms with Crippen LogP contribution in [0.5, 0.6) is 0 Å². The monoisotopic (exact) mass is 304 g/mol. The fourth-order valence-electron chi connectivity index (χ4n) is 2.53. The van der Waals surface area contributed by atoms with Gasteiger partial charge in [-0.3, -0.25) is 4.79 Å². The van der Waals surface area contributed by atoms with Crippen LogP contribution in [-0.2, 0) is 22.6 Å². The van der Waals surface area contributed by atoms with Crippen molar-refractivity contribution in [3.63, 3.8) is 0 Å². The molecule has 1 fully saturated rings. The van der Waals surface area contributed by atoms with E-state index in [1.807, 2.05) is 4.57 Å². The van der Waals surface area contributed by atoms with Gasteiger partial charge in [-0.25, -0.2) is 4.39 Å². The normalized spacial score (nSPS) is 14.9. The first kappa shape index (κ1) is 14.6. The van der Waals surface area contributed by atoms with Crippen LogP contribution in [0.3, 0.4) is 0 Å². The topological polar surface area (TPSA) is 60.3 Å². The number of rotatable bonds is 5. The number of nitrogens with zero attached hydrogens (tertiary/aromatic N) is 4. The Morgan fingerprint density at radius 3 is 2.77 bits per heavy atom. The highest BCUT2D eigenvalue weighted by Gasteiger charge is 2.32. The lowest BCUT2D eigenvalue weighted by atomic mass is 10.1. The van der Waals surface area contributed by atoms with Crippen molar-refractivity contribution in [2.24, 2.45) is 0 Å². The summed E-state index contributed by atoms with van der Waals surface area (Å²) in [5, 5.41) is 7.89. The molecule has 1 aliphatic heterocycles. The average molecular weight is 304 g/mol. The molecule has 3 rings (SSSR count). The second kappa shape index (κ2) is 6.23. The number of hydrogen-bond donors (Lipinski definition) is 0. The number of carbonyl (C=O) groups is 1. The molecule has 0 spiro atoms. The third kappa shape index (κ3) is 2.99. The second-order valence-corrected chi connectivity index (χ2v) is 5.34. The van der Waals surface area contributed by atoms with Crippen LogP contribution in [0.25, 0.3) is 0 Å². The summed E-state index contributed by atoms with van der Waals surface area (Å²) >= 11 is 0. The Balaban J connectivity index is 1.55. The number of carbonyl (C=O) groups excluding carboxylic acids is 1. The number of ether oxygens (including phenoxy) is 1. The highest BCUT2D eigenvalue weighted by Crippen LogP contribution is 2.23. The van der Waals surface area contributed by atoms with Crippen LogP contribution in [-0.4, -0.2) is 45.8 Å². The predicted molar refractivity (Wildman–Crippen MR) is 76.5 cm³/mol. The molecular weight excluding hydrogens is 287 g/mol. The molecule has 6 nitrogen and oxygen atoms in total. The molecule has 1 saturated heterocycles. The van der Waals surface area contributed by atoms with Gasteiger partial charge in [0.25, 0.3) is 0 Å². The van der Waals surface area contributed by atoms with Gasteiger partial charge in [0.05, 0.1) is 12.5 Å². The average Bonchev–Trinajstić information content (AvgIpc) is 2.88. The lowest BCUT2D eigenvalue weighted by molar-refractivity contribution is -0.136. The van der Waals surface area contributed by atoms with E-state index in [2.05, 4.69) is 10.2 Å². The summed E-state index contributed by atoms with van der Waals surface area (Å²) in [5.41, 5.74) is 0.819. The maximum atomic E-state index is 12.8. The molecule has 0 aliphatic carbocycles. The highest BCUT2D eigenvalue weighted by atomic mass is 19.1. The molecule has 7 heteroatoms. The fraction of sp³-hybridized carbons (Fsp3) is 0.400. The summed E-state index contributed by atoms with van der Waals surface area (Å²) in [6.45, 7) is 1.67. The number of benzene rings is 1. The van der Waals surface area contributed by atoms with Gasteiger partial charge in [-0.15, -0.1) is 10.2 Å². The minimum absolute atomic E-state index is 0.0456. The van der Waals surface area contributed by atoms with Gasteiger partial charge in [-0.2, -0.15) is 0 Å². The molecule has 1 aromatic heterocycles. The van der Waals surface area contributed by atoms with Crippen molar-refractivity contribution in [3.05, 3.63) is 47.8 Å². The van der Waals surface area contributed by atoms with E-state index in [9.17, 15) is 9.18 Å². The Bertz CT molecular complexity index is 650. The largest absolute Gasteiger partial charge is 0.377 e. The summed E-state index contributed by atoms with van der Waals surface area (Å²) in [4.78, 5) is 14.0. The van der Waals surface area contributed by atoms with Crippen molar-refractivity contribution in [2.45, 2.75) is 19.1 Å². The summed E-state index contributed by atoms with van der Waals surface area (Å²) in [7, 11) is 1.61. The number of amides is 1. The molecule has 2 heterocycles. The first-order chi connectivity index (χ1) is 10.7. The summed E-state index contributed by atoms with van der Waals surface area (Å²) < 4.78 is 19.9. The van der Waals surface area contributed by atoms with E-state index in [0.717, 1.165) is 11.4 Å². The second-order valence-electron chi connectivity index (χ2n) is 5.34. The van der Waals surface area contributed by atoms with Gasteiger partial charge in [0.2, 0.25) is 5.91 Å². The van der Waals surface area contributed by atoms with Crippen molar-refractivity contribution < 1.29 is 13.9 Å². The van der Waals surface area contributed by atoms with Crippen molar-refractivity contribution in [2.75, 3.05) is 20.2 Å². The Morgan fingerprint density at radius 1 is 1.36 bits per heavy atom. The Morgan fingerprint density at radius 2 is 2.09 bits per heavy atom. The fourth-order valence-corrected chi connectivity index (χ4v) is 2.53. The van der Waals surface area contributed by atoms with Crippen LogP contribution < -0.4 is 0 Å². The van der Waals surface area contributed by atoms with Gasteiger partial charge in [0.15, 0.2) is 5.82 Å². The van der Waals surface area contributed by atoms with E-state index < -0.39 is 0 Å². The zero-order valence-corrected chi connectivity index (χ0v) is 12.3. The lowest BCUT2D eigenvalue weighted by Gasteiger charge is -2.40. The number of likely N-dealkylation sites (tertiary alicyclic amines) is 1. The van der Waals surface area contributed by atoms with Crippen LogP contribution in [0.4, 0.5) is 4.39 Å². The molecule has 1 amide bonds. The van der Waals surface area contributed by atoms with Crippen molar-refractivity contribution in [3.8, 4) is 0 Å². The molecular formula is C15H17FN4O2. The van der Waals surface area contributed by atoms with E-state index in [4.69, 9.17) is 4.74 Å². The molecule has 0 bridgehead atoms. The minimum atomic E-state index is -0.293. The summed E-state index contributed by atoms with van der Waals surface area (Å²) in [5.74, 6) is 0.515. The molecule has 0 saturated carbocycles. The smallest absolute Gasteiger partial charge is 0.227 e. The summed E-state index contributed by atoms with van der Waals surface area (Å²) in [6, 6.07) is 6.21. The van der Waals surface area contributed by atoms with Crippen molar-refractivity contribution in [1.29, 1.82) is 0 Å². The molecule has 1 aliphatic rings. The third-order valence-electron chi connectivity index (χ3n) is 3.80. The maximum absolute atomic E-state index is 12.8. The molecule has 0 N–H and O–H groups in total. The standard InChI is InChI=1S/C15H17FN4O2/c1-22-9-14-18-17-10-20(14)13-7-19(8-13)15(21)6-11-2-4-12(16)5-3-11/h2-5,10,13H,6-9H2,1H3. The van der Waals surface area contributed by atoms with Gasteiger partial charge >= 0.3 is 0 Å². The van der Waals surface area contributed by atoms with Gasteiger partial charge < -0.3 is 14.2 Å². The highest BCUT2D eigenvalue weighted by molar-refractivity contribution is 5.79. The minimum Gasteiger partial charge on any atom is -0.377 e. The maximum Gasteiger partial charge on any atom is 0.227 e. The SMILES string of the molecule is COCc1nncn1C1CN(C(=O)Cc2ccc(F)cc2)C1. The van der Waals surface area contributed by atoms with E-state index in [0.29, 0.717) is 26.1 Å². The molecule has 116 valence electrons. The van der Waals surface area contributed by atoms with E-state index in [1.165, 1.54) is 12.1 Å². The van der Waals surface area contributed by atoms with Gasteiger partial charge in [-0.1, -0.05) is 12.1 Å². The van der Waals surface area contributed by atoms with Crippen LogP contribution >= 0.6 is 0 Å². The zero-order chi connectivity index (χ0) is 15.5. The lowest BCUT2D eigenvalue weighted by Crippen LogP contribution is -2.51. The van der Waals surface area contributed by atoms with Crippen LogP contribution in [0.2, 0.25) is 0 Å². The first-order valence-electron chi connectivity index (χ1n) is 7.07. The van der Waals surface area contributed by atoms with Crippen molar-refractivity contribution >= 4 is 5.91 Å². The number of hydrogen-bond acceptors (Lipinski definition) is 4. The number of aromatic nitrogens is 3. The summed E-state index contributed by atoms with van der Waals surface area (Å²) in [6.07, 6.45) is 1.96. The number of methoxy groups -OCH3 is 1. The molecule has 1 aromatic carbocycles.